The fourth-order valence-corrected chi connectivity index (χ4v) is 2.35. The van der Waals surface area contributed by atoms with Crippen LogP contribution in [-0.2, 0) is 0 Å². The molecular weight excluding hydrogens is 167 g/mol. The van der Waals surface area contributed by atoms with Crippen LogP contribution in [0.15, 0.2) is 12.2 Å². The van der Waals surface area contributed by atoms with E-state index in [0.29, 0.717) is 0 Å². The number of hydrogen-bond donors (Lipinski definition) is 0. The Labute approximate surface area is 96.4 Å². The molecule has 0 aliphatic heterocycles. The summed E-state index contributed by atoms with van der Waals surface area (Å²) in [4.78, 5) is 0. The van der Waals surface area contributed by atoms with Crippen LogP contribution in [0.25, 0.3) is 0 Å². The van der Waals surface area contributed by atoms with Gasteiger partial charge in [0, 0.05) is 5.92 Å². The van der Waals surface area contributed by atoms with E-state index in [9.17, 15) is 0 Å². The SMILES string of the molecule is C=C(C)[C]1[CH][CH][C]([Si](C)(C)C)[CH]1.[Li+]. The van der Waals surface area contributed by atoms with Crippen molar-refractivity contribution in [3.05, 3.63) is 42.9 Å². The molecule has 0 nitrogen and oxygen atoms in total. The number of hydrogen-bond acceptors (Lipinski definition) is 0. The Morgan fingerprint density at radius 1 is 1.23 bits per heavy atom. The van der Waals surface area contributed by atoms with Gasteiger partial charge in [0.25, 0.3) is 0 Å². The van der Waals surface area contributed by atoms with Gasteiger partial charge in [-0.15, -0.1) is 0 Å². The van der Waals surface area contributed by atoms with E-state index in [1.165, 1.54) is 17.0 Å². The van der Waals surface area contributed by atoms with E-state index >= 15 is 0 Å². The van der Waals surface area contributed by atoms with Gasteiger partial charge in [0.05, 0.1) is 8.07 Å². The van der Waals surface area contributed by atoms with Gasteiger partial charge in [-0.2, -0.15) is 0 Å². The largest absolute Gasteiger partial charge is 1.00 e. The van der Waals surface area contributed by atoms with Crippen molar-refractivity contribution in [1.82, 2.24) is 0 Å². The third-order valence-corrected chi connectivity index (χ3v) is 4.16. The van der Waals surface area contributed by atoms with Crippen molar-refractivity contribution in [2.75, 3.05) is 0 Å². The van der Waals surface area contributed by atoms with E-state index < -0.39 is 8.07 Å². The number of rotatable bonds is 2. The van der Waals surface area contributed by atoms with Crippen LogP contribution >= 0.6 is 0 Å². The molecule has 0 bridgehead atoms. The zero-order valence-corrected chi connectivity index (χ0v) is 10.4. The van der Waals surface area contributed by atoms with Crippen molar-refractivity contribution in [2.24, 2.45) is 0 Å². The van der Waals surface area contributed by atoms with Crippen molar-refractivity contribution in [1.29, 1.82) is 0 Å². The predicted octanol–water partition coefficient (Wildman–Crippen LogP) is 0.219. The van der Waals surface area contributed by atoms with Crippen LogP contribution in [0.4, 0.5) is 0 Å². The molecule has 0 amide bonds. The molecule has 65 valence electrons. The van der Waals surface area contributed by atoms with Crippen molar-refractivity contribution in [2.45, 2.75) is 26.6 Å². The fraction of sp³-hybridized carbons (Fsp3) is 0.364. The number of allylic oxidation sites excluding steroid dienone is 1. The molecule has 2 heteroatoms. The maximum absolute atomic E-state index is 3.94. The van der Waals surface area contributed by atoms with Gasteiger partial charge >= 0.3 is 18.9 Å². The Morgan fingerprint density at radius 2 is 1.77 bits per heavy atom. The van der Waals surface area contributed by atoms with Gasteiger partial charge in [-0.3, -0.25) is 0 Å². The van der Waals surface area contributed by atoms with Gasteiger partial charge in [0.15, 0.2) is 0 Å². The van der Waals surface area contributed by atoms with E-state index in [4.69, 9.17) is 0 Å². The molecule has 0 aromatic carbocycles. The molecule has 0 N–H and O–H groups in total. The second kappa shape index (κ2) is 4.87. The van der Waals surface area contributed by atoms with Gasteiger partial charge in [0.1, 0.15) is 0 Å². The molecule has 0 saturated heterocycles. The summed E-state index contributed by atoms with van der Waals surface area (Å²) in [6.45, 7) is 13.1. The van der Waals surface area contributed by atoms with Crippen LogP contribution in [0, 0.1) is 30.7 Å². The van der Waals surface area contributed by atoms with Crippen LogP contribution in [-0.4, -0.2) is 8.07 Å². The molecule has 0 heterocycles. The van der Waals surface area contributed by atoms with Gasteiger partial charge < -0.3 is 0 Å². The molecule has 1 rings (SSSR count). The van der Waals surface area contributed by atoms with Crippen LogP contribution in [0.1, 0.15) is 6.92 Å². The van der Waals surface area contributed by atoms with Crippen LogP contribution in [0.5, 0.6) is 0 Å². The van der Waals surface area contributed by atoms with E-state index in [0.717, 1.165) is 0 Å². The van der Waals surface area contributed by atoms with Gasteiger partial charge in [-0.05, 0) is 31.7 Å². The molecule has 1 saturated carbocycles. The zero-order chi connectivity index (χ0) is 9.35. The Hall–Kier alpha value is 0.554. The predicted molar refractivity (Wildman–Crippen MR) is 57.5 cm³/mol. The summed E-state index contributed by atoms with van der Waals surface area (Å²) in [6.07, 6.45) is 6.71. The quantitative estimate of drug-likeness (QED) is 0.539. The third kappa shape index (κ3) is 3.66. The monoisotopic (exact) mass is 184 g/mol. The minimum atomic E-state index is -1.10. The summed E-state index contributed by atoms with van der Waals surface area (Å²) in [5.74, 6) is 1.30. The summed E-state index contributed by atoms with van der Waals surface area (Å²) in [7, 11) is -1.10. The first-order chi connectivity index (χ1) is 5.41. The van der Waals surface area contributed by atoms with Crippen molar-refractivity contribution in [3.63, 3.8) is 0 Å². The second-order valence-corrected chi connectivity index (χ2v) is 9.50. The van der Waals surface area contributed by atoms with Gasteiger partial charge in [-0.25, -0.2) is 0 Å². The minimum absolute atomic E-state index is 0. The van der Waals surface area contributed by atoms with E-state index in [2.05, 4.69) is 52.4 Å². The summed E-state index contributed by atoms with van der Waals surface area (Å²) in [5, 5.41) is 0. The Bertz CT molecular complexity index is 181. The molecule has 0 atom stereocenters. The molecule has 0 aromatic rings. The molecule has 1 aliphatic rings. The average molecular weight is 184 g/mol. The molecule has 0 aromatic heterocycles. The molecule has 1 aliphatic carbocycles. The summed E-state index contributed by atoms with van der Waals surface area (Å²) >= 11 is 0. The third-order valence-electron chi connectivity index (χ3n) is 2.11. The normalized spacial score (nSPS) is 20.0. The maximum atomic E-state index is 3.94. The van der Waals surface area contributed by atoms with Crippen LogP contribution in [0.3, 0.4) is 0 Å². The maximum Gasteiger partial charge on any atom is 1.00 e. The Balaban J connectivity index is 0.00000144. The molecular formula is C11H17LiSi+. The smallest absolute Gasteiger partial charge is 0.0995 e. The molecule has 5 radical (unpaired) electrons. The van der Waals surface area contributed by atoms with E-state index in [-0.39, 0.29) is 18.9 Å². The Morgan fingerprint density at radius 3 is 2.00 bits per heavy atom. The van der Waals surface area contributed by atoms with Gasteiger partial charge in [0.2, 0.25) is 0 Å². The molecule has 13 heavy (non-hydrogen) atoms. The summed E-state index contributed by atoms with van der Waals surface area (Å²) < 4.78 is 0. The van der Waals surface area contributed by atoms with E-state index in [1.54, 1.807) is 0 Å². The summed E-state index contributed by atoms with van der Waals surface area (Å²) in [5.41, 5.74) is 2.69. The first kappa shape index (κ1) is 13.6. The first-order valence-electron chi connectivity index (χ1n) is 4.34. The van der Waals surface area contributed by atoms with Gasteiger partial charge in [-0.1, -0.05) is 31.8 Å². The zero-order valence-electron chi connectivity index (χ0n) is 9.44. The molecule has 0 spiro atoms. The van der Waals surface area contributed by atoms with E-state index in [1.807, 2.05) is 0 Å². The topological polar surface area (TPSA) is 0 Å². The van der Waals surface area contributed by atoms with Crippen molar-refractivity contribution in [3.8, 4) is 0 Å². The van der Waals surface area contributed by atoms with Crippen molar-refractivity contribution >= 4 is 8.07 Å². The van der Waals surface area contributed by atoms with Crippen LogP contribution in [0.2, 0.25) is 19.6 Å². The summed E-state index contributed by atoms with van der Waals surface area (Å²) in [6, 6.07) is 0. The second-order valence-electron chi connectivity index (χ2n) is 4.42. The average Bonchev–Trinajstić information content (AvgIpc) is 2.30. The first-order valence-corrected chi connectivity index (χ1v) is 7.84. The Kier molecular flexibility index (Phi) is 5.08. The van der Waals surface area contributed by atoms with Crippen molar-refractivity contribution < 1.29 is 18.9 Å². The molecule has 1 fully saturated rings. The molecule has 0 unspecified atom stereocenters. The minimum Gasteiger partial charge on any atom is -0.0995 e. The fourth-order valence-electron chi connectivity index (χ4n) is 1.18. The standard InChI is InChI=1S/C11H17Si.Li/c1-9(2)10-6-7-11(8-10)12(3,4)5;/h6-8H,1H2,2-5H3;/q;+1. The van der Waals surface area contributed by atoms with Crippen LogP contribution < -0.4 is 18.9 Å².